The Balaban J connectivity index is 1.93. The summed E-state index contributed by atoms with van der Waals surface area (Å²) in [7, 11) is 4.02. The molecule has 1 aromatic rings. The molecule has 0 bridgehead atoms. The highest BCUT2D eigenvalue weighted by Crippen LogP contribution is 2.19. The lowest BCUT2D eigenvalue weighted by Gasteiger charge is -2.28. The van der Waals surface area contributed by atoms with Gasteiger partial charge in [-0.25, -0.2) is 0 Å². The van der Waals surface area contributed by atoms with E-state index in [0.717, 1.165) is 31.1 Å². The van der Waals surface area contributed by atoms with Crippen LogP contribution in [0.5, 0.6) is 0 Å². The van der Waals surface area contributed by atoms with Crippen LogP contribution < -0.4 is 10.2 Å². The highest BCUT2D eigenvalue weighted by Gasteiger charge is 2.24. The number of aromatic nitrogens is 2. The van der Waals surface area contributed by atoms with Crippen LogP contribution in [0.25, 0.3) is 0 Å². The Bertz CT molecular complexity index is 378. The molecule has 1 atom stereocenters. The molecule has 0 aromatic carbocycles. The fourth-order valence-electron chi connectivity index (χ4n) is 2.76. The van der Waals surface area contributed by atoms with Crippen LogP contribution in [-0.2, 0) is 6.54 Å². The van der Waals surface area contributed by atoms with Gasteiger partial charge in [-0.05, 0) is 45.1 Å². The monoisotopic (exact) mass is 263 g/mol. The molecule has 0 saturated carbocycles. The van der Waals surface area contributed by atoms with Gasteiger partial charge in [-0.15, -0.1) is 5.10 Å². The summed E-state index contributed by atoms with van der Waals surface area (Å²) in [4.78, 5) is 4.77. The Labute approximate surface area is 116 Å². The SMILES string of the molecule is CCN1CCCC1CN(C)c1ccc(CNC)nn1. The maximum Gasteiger partial charge on any atom is 0.151 e. The van der Waals surface area contributed by atoms with Gasteiger partial charge < -0.3 is 10.2 Å². The average molecular weight is 263 g/mol. The molecule has 1 aliphatic rings. The van der Waals surface area contributed by atoms with Crippen molar-refractivity contribution in [3.8, 4) is 0 Å². The van der Waals surface area contributed by atoms with E-state index < -0.39 is 0 Å². The van der Waals surface area contributed by atoms with E-state index in [0.29, 0.717) is 6.04 Å². The molecule has 5 nitrogen and oxygen atoms in total. The first-order valence-electron chi connectivity index (χ1n) is 7.17. The van der Waals surface area contributed by atoms with Gasteiger partial charge in [-0.2, -0.15) is 5.10 Å². The largest absolute Gasteiger partial charge is 0.357 e. The second-order valence-electron chi connectivity index (χ2n) is 5.22. The Kier molecular flexibility index (Phi) is 5.10. The van der Waals surface area contributed by atoms with E-state index in [1.165, 1.54) is 19.4 Å². The molecule has 5 heteroatoms. The van der Waals surface area contributed by atoms with Gasteiger partial charge in [0.15, 0.2) is 5.82 Å². The molecule has 0 spiro atoms. The number of likely N-dealkylation sites (tertiary alicyclic amines) is 1. The minimum absolute atomic E-state index is 0.661. The van der Waals surface area contributed by atoms with E-state index in [1.54, 1.807) is 0 Å². The van der Waals surface area contributed by atoms with Gasteiger partial charge in [0.2, 0.25) is 0 Å². The third kappa shape index (κ3) is 3.64. The third-order valence-corrected chi connectivity index (χ3v) is 3.84. The molecule has 0 amide bonds. The summed E-state index contributed by atoms with van der Waals surface area (Å²) in [6.07, 6.45) is 2.61. The highest BCUT2D eigenvalue weighted by molar-refractivity contribution is 5.36. The first-order valence-corrected chi connectivity index (χ1v) is 7.17. The maximum absolute atomic E-state index is 4.31. The van der Waals surface area contributed by atoms with Gasteiger partial charge in [-0.3, -0.25) is 4.90 Å². The second-order valence-corrected chi connectivity index (χ2v) is 5.22. The van der Waals surface area contributed by atoms with E-state index in [2.05, 4.69) is 45.4 Å². The van der Waals surface area contributed by atoms with Gasteiger partial charge in [0.05, 0.1) is 5.69 Å². The average Bonchev–Trinajstić information content (AvgIpc) is 2.87. The third-order valence-electron chi connectivity index (χ3n) is 3.84. The first kappa shape index (κ1) is 14.2. The predicted octanol–water partition coefficient (Wildman–Crippen LogP) is 1.12. The highest BCUT2D eigenvalue weighted by atomic mass is 15.3. The van der Waals surface area contributed by atoms with E-state index in [4.69, 9.17) is 0 Å². The predicted molar refractivity (Wildman–Crippen MR) is 78.3 cm³/mol. The standard InChI is InChI=1S/C14H25N5/c1-4-19-9-5-6-13(19)11-18(3)14-8-7-12(10-15-2)16-17-14/h7-8,13,15H,4-6,9-11H2,1-3H3. The zero-order valence-electron chi connectivity index (χ0n) is 12.3. The molecule has 19 heavy (non-hydrogen) atoms. The molecule has 1 aromatic heterocycles. The lowest BCUT2D eigenvalue weighted by Crippen LogP contribution is -2.39. The number of hydrogen-bond donors (Lipinski definition) is 1. The van der Waals surface area contributed by atoms with Crippen molar-refractivity contribution in [2.75, 3.05) is 38.6 Å². The number of anilines is 1. The lowest BCUT2D eigenvalue weighted by molar-refractivity contribution is 0.270. The summed E-state index contributed by atoms with van der Waals surface area (Å²) < 4.78 is 0. The number of rotatable bonds is 6. The van der Waals surface area contributed by atoms with Crippen LogP contribution in [0.1, 0.15) is 25.5 Å². The van der Waals surface area contributed by atoms with Gasteiger partial charge in [0, 0.05) is 26.2 Å². The van der Waals surface area contributed by atoms with Crippen LogP contribution in [0.15, 0.2) is 12.1 Å². The van der Waals surface area contributed by atoms with Gasteiger partial charge in [-0.1, -0.05) is 6.92 Å². The number of hydrogen-bond acceptors (Lipinski definition) is 5. The van der Waals surface area contributed by atoms with Crippen LogP contribution in [0, 0.1) is 0 Å². The molecule has 2 heterocycles. The first-order chi connectivity index (χ1) is 9.24. The Hall–Kier alpha value is -1.20. The van der Waals surface area contributed by atoms with Crippen molar-refractivity contribution < 1.29 is 0 Å². The molecule has 0 aliphatic carbocycles. The fourth-order valence-corrected chi connectivity index (χ4v) is 2.76. The van der Waals surface area contributed by atoms with Crippen LogP contribution in [0.2, 0.25) is 0 Å². The molecule has 1 aliphatic heterocycles. The smallest absolute Gasteiger partial charge is 0.151 e. The van der Waals surface area contributed by atoms with Crippen molar-refractivity contribution in [1.82, 2.24) is 20.4 Å². The van der Waals surface area contributed by atoms with Crippen LogP contribution in [-0.4, -0.2) is 54.9 Å². The number of nitrogens with one attached hydrogen (secondary N) is 1. The number of nitrogens with zero attached hydrogens (tertiary/aromatic N) is 4. The quantitative estimate of drug-likeness (QED) is 0.833. The summed E-state index contributed by atoms with van der Waals surface area (Å²) in [6.45, 7) is 6.43. The summed E-state index contributed by atoms with van der Waals surface area (Å²) >= 11 is 0. The molecular formula is C14H25N5. The van der Waals surface area contributed by atoms with Crippen LogP contribution in [0.3, 0.4) is 0 Å². The van der Waals surface area contributed by atoms with Crippen LogP contribution >= 0.6 is 0 Å². The van der Waals surface area contributed by atoms with Crippen molar-refractivity contribution in [3.63, 3.8) is 0 Å². The van der Waals surface area contributed by atoms with Gasteiger partial charge in [0.25, 0.3) is 0 Å². The van der Waals surface area contributed by atoms with Crippen molar-refractivity contribution in [2.24, 2.45) is 0 Å². The Morgan fingerprint density at radius 3 is 2.89 bits per heavy atom. The van der Waals surface area contributed by atoms with Crippen molar-refractivity contribution in [3.05, 3.63) is 17.8 Å². The fraction of sp³-hybridized carbons (Fsp3) is 0.714. The van der Waals surface area contributed by atoms with Crippen molar-refractivity contribution in [2.45, 2.75) is 32.4 Å². The van der Waals surface area contributed by atoms with Crippen LogP contribution in [0.4, 0.5) is 5.82 Å². The summed E-state index contributed by atoms with van der Waals surface area (Å²) in [5.41, 5.74) is 0.982. The van der Waals surface area contributed by atoms with Gasteiger partial charge >= 0.3 is 0 Å². The maximum atomic E-state index is 4.31. The molecule has 2 rings (SSSR count). The summed E-state index contributed by atoms with van der Waals surface area (Å²) in [6, 6.07) is 4.76. The number of likely N-dealkylation sites (N-methyl/N-ethyl adjacent to an activating group) is 2. The molecule has 1 fully saturated rings. The van der Waals surface area contributed by atoms with E-state index in [1.807, 2.05) is 13.1 Å². The minimum Gasteiger partial charge on any atom is -0.357 e. The van der Waals surface area contributed by atoms with Gasteiger partial charge in [0.1, 0.15) is 0 Å². The minimum atomic E-state index is 0.661. The summed E-state index contributed by atoms with van der Waals surface area (Å²) in [5, 5.41) is 11.6. The normalized spacial score (nSPS) is 19.8. The molecule has 106 valence electrons. The Morgan fingerprint density at radius 2 is 2.26 bits per heavy atom. The molecule has 1 saturated heterocycles. The summed E-state index contributed by atoms with van der Waals surface area (Å²) in [5.74, 6) is 0.961. The zero-order chi connectivity index (χ0) is 13.7. The van der Waals surface area contributed by atoms with Crippen molar-refractivity contribution in [1.29, 1.82) is 0 Å². The molecule has 1 N–H and O–H groups in total. The molecule has 1 unspecified atom stereocenters. The molecular weight excluding hydrogens is 238 g/mol. The van der Waals surface area contributed by atoms with Crippen molar-refractivity contribution >= 4 is 5.82 Å². The Morgan fingerprint density at radius 1 is 1.42 bits per heavy atom. The van der Waals surface area contributed by atoms with E-state index in [-0.39, 0.29) is 0 Å². The second kappa shape index (κ2) is 6.82. The lowest BCUT2D eigenvalue weighted by atomic mass is 10.2. The zero-order valence-corrected chi connectivity index (χ0v) is 12.3. The van der Waals surface area contributed by atoms with E-state index >= 15 is 0 Å². The van der Waals surface area contributed by atoms with E-state index in [9.17, 15) is 0 Å². The molecule has 0 radical (unpaired) electrons. The topological polar surface area (TPSA) is 44.3 Å².